The number of nitrogens with zero attached hydrogens (tertiary/aromatic N) is 1. The van der Waals surface area contributed by atoms with Gasteiger partial charge in [0.15, 0.2) is 0 Å². The number of nitrogens with one attached hydrogen (secondary N) is 1. The smallest absolute Gasteiger partial charge is 0.221 e. The molecule has 1 aliphatic heterocycles. The Hall–Kier alpha value is -2.37. The molecule has 1 heterocycles. The first-order valence-electron chi connectivity index (χ1n) is 8.72. The number of anilines is 3. The van der Waals surface area contributed by atoms with E-state index in [2.05, 4.69) is 77.9 Å². The van der Waals surface area contributed by atoms with Gasteiger partial charge in [0, 0.05) is 39.2 Å². The minimum atomic E-state index is -0.0577. The van der Waals surface area contributed by atoms with E-state index in [-0.39, 0.29) is 5.91 Å². The molecular weight excluding hydrogens is 372 g/mol. The first kappa shape index (κ1) is 18.0. The van der Waals surface area contributed by atoms with E-state index in [4.69, 9.17) is 0 Å². The summed E-state index contributed by atoms with van der Waals surface area (Å²) in [6, 6.07) is 21.2. The third-order valence-corrected chi connectivity index (χ3v) is 6.89. The summed E-state index contributed by atoms with van der Waals surface area (Å²) in [4.78, 5) is 18.7. The number of hydrogen-bond acceptors (Lipinski definition) is 4. The fourth-order valence-corrected chi connectivity index (χ4v) is 5.49. The molecule has 1 aliphatic rings. The van der Waals surface area contributed by atoms with Crippen molar-refractivity contribution in [1.82, 2.24) is 0 Å². The summed E-state index contributed by atoms with van der Waals surface area (Å²) < 4.78 is 0. The monoisotopic (exact) mass is 392 g/mol. The number of carbonyl (C=O) groups excluding carboxylic acids is 1. The fourth-order valence-electron chi connectivity index (χ4n) is 3.14. The molecule has 5 heteroatoms. The van der Waals surface area contributed by atoms with Crippen LogP contribution in [0.15, 0.2) is 80.2 Å². The first-order valence-corrected chi connectivity index (χ1v) is 10.4. The largest absolute Gasteiger partial charge is 0.343 e. The SMILES string of the molecule is CC(=O)Nc1cc2c(cc1C)Sc1ccccc1Sc1ccccc1N2C. The molecular formula is C22H20N2OS2. The first-order chi connectivity index (χ1) is 13.0. The van der Waals surface area contributed by atoms with Crippen LogP contribution < -0.4 is 10.2 Å². The molecule has 1 amide bonds. The van der Waals surface area contributed by atoms with Crippen molar-refractivity contribution in [2.24, 2.45) is 0 Å². The number of rotatable bonds is 1. The van der Waals surface area contributed by atoms with Crippen molar-refractivity contribution in [2.45, 2.75) is 33.4 Å². The molecule has 27 heavy (non-hydrogen) atoms. The number of para-hydroxylation sites is 1. The topological polar surface area (TPSA) is 32.3 Å². The Kier molecular flexibility index (Phi) is 4.89. The lowest BCUT2D eigenvalue weighted by molar-refractivity contribution is -0.114. The number of aryl methyl sites for hydroxylation is 1. The average molecular weight is 393 g/mol. The van der Waals surface area contributed by atoms with Gasteiger partial charge in [-0.15, -0.1) is 0 Å². The molecule has 3 nitrogen and oxygen atoms in total. The highest BCUT2D eigenvalue weighted by molar-refractivity contribution is 8.02. The van der Waals surface area contributed by atoms with Crippen molar-refractivity contribution in [3.63, 3.8) is 0 Å². The van der Waals surface area contributed by atoms with Crippen LogP contribution in [-0.4, -0.2) is 13.0 Å². The van der Waals surface area contributed by atoms with Crippen molar-refractivity contribution in [2.75, 3.05) is 17.3 Å². The van der Waals surface area contributed by atoms with Gasteiger partial charge in [-0.25, -0.2) is 0 Å². The van der Waals surface area contributed by atoms with Crippen LogP contribution in [0.1, 0.15) is 12.5 Å². The summed E-state index contributed by atoms with van der Waals surface area (Å²) >= 11 is 3.56. The van der Waals surface area contributed by atoms with Crippen LogP contribution >= 0.6 is 23.5 Å². The summed E-state index contributed by atoms with van der Waals surface area (Å²) in [6.45, 7) is 3.58. The van der Waals surface area contributed by atoms with Crippen LogP contribution in [-0.2, 0) is 4.79 Å². The van der Waals surface area contributed by atoms with Gasteiger partial charge in [0.1, 0.15) is 0 Å². The average Bonchev–Trinajstić information content (AvgIpc) is 2.69. The predicted octanol–water partition coefficient (Wildman–Crippen LogP) is 6.34. The van der Waals surface area contributed by atoms with Gasteiger partial charge in [0.25, 0.3) is 0 Å². The second-order valence-corrected chi connectivity index (χ2v) is 8.66. The van der Waals surface area contributed by atoms with Crippen molar-refractivity contribution in [3.8, 4) is 0 Å². The van der Waals surface area contributed by atoms with E-state index in [1.54, 1.807) is 30.4 Å². The molecule has 0 saturated heterocycles. The van der Waals surface area contributed by atoms with Crippen molar-refractivity contribution < 1.29 is 4.79 Å². The third-order valence-electron chi connectivity index (χ3n) is 4.49. The second-order valence-electron chi connectivity index (χ2n) is 6.49. The maximum atomic E-state index is 11.6. The Balaban J connectivity index is 1.96. The quantitative estimate of drug-likeness (QED) is 0.524. The number of amides is 1. The molecule has 0 bridgehead atoms. The summed E-state index contributed by atoms with van der Waals surface area (Å²) in [7, 11) is 2.08. The van der Waals surface area contributed by atoms with Gasteiger partial charge in [-0.1, -0.05) is 47.8 Å². The van der Waals surface area contributed by atoms with Crippen LogP contribution in [0.2, 0.25) is 0 Å². The van der Waals surface area contributed by atoms with Crippen LogP contribution in [0.3, 0.4) is 0 Å². The number of benzene rings is 3. The molecule has 0 aliphatic carbocycles. The number of hydrogen-bond donors (Lipinski definition) is 1. The Bertz CT molecular complexity index is 1030. The third kappa shape index (κ3) is 3.57. The molecule has 0 aromatic heterocycles. The van der Waals surface area contributed by atoms with E-state index >= 15 is 0 Å². The molecule has 0 saturated carbocycles. The molecule has 0 radical (unpaired) electrons. The van der Waals surface area contributed by atoms with Crippen molar-refractivity contribution in [1.29, 1.82) is 0 Å². The lowest BCUT2D eigenvalue weighted by Crippen LogP contribution is -2.13. The minimum absolute atomic E-state index is 0.0577. The van der Waals surface area contributed by atoms with Gasteiger partial charge >= 0.3 is 0 Å². The maximum Gasteiger partial charge on any atom is 0.221 e. The highest BCUT2D eigenvalue weighted by Gasteiger charge is 2.20. The van der Waals surface area contributed by atoms with Gasteiger partial charge < -0.3 is 10.2 Å². The zero-order valence-corrected chi connectivity index (χ0v) is 17.1. The van der Waals surface area contributed by atoms with Crippen LogP contribution in [0.5, 0.6) is 0 Å². The van der Waals surface area contributed by atoms with Gasteiger partial charge in [-0.05, 0) is 48.9 Å². The molecule has 4 rings (SSSR count). The predicted molar refractivity (Wildman–Crippen MR) is 115 cm³/mol. The standard InChI is InChI=1S/C22H20N2OS2/c1-14-12-22-18(13-16(14)23-15(2)25)24(3)17-8-4-5-9-19(17)26-20-10-6-7-11-21(20)27-22/h4-13H,1-3H3,(H,23,25). The zero-order valence-electron chi connectivity index (χ0n) is 15.4. The zero-order chi connectivity index (χ0) is 19.0. The van der Waals surface area contributed by atoms with E-state index in [0.29, 0.717) is 0 Å². The highest BCUT2D eigenvalue weighted by Crippen LogP contribution is 2.48. The van der Waals surface area contributed by atoms with Crippen LogP contribution in [0.25, 0.3) is 0 Å². The summed E-state index contributed by atoms with van der Waals surface area (Å²) in [5, 5.41) is 2.96. The van der Waals surface area contributed by atoms with E-state index < -0.39 is 0 Å². The van der Waals surface area contributed by atoms with Crippen LogP contribution in [0, 0.1) is 6.92 Å². The normalized spacial score (nSPS) is 12.8. The Labute approximate surface area is 168 Å². The van der Waals surface area contributed by atoms with Gasteiger partial charge in [0.05, 0.1) is 11.4 Å². The fraction of sp³-hybridized carbons (Fsp3) is 0.136. The molecule has 0 spiro atoms. The maximum absolute atomic E-state index is 11.6. The highest BCUT2D eigenvalue weighted by atomic mass is 32.2. The summed E-state index contributed by atoms with van der Waals surface area (Å²) in [5.74, 6) is -0.0577. The Morgan fingerprint density at radius 2 is 1.44 bits per heavy atom. The molecule has 136 valence electrons. The minimum Gasteiger partial charge on any atom is -0.343 e. The van der Waals surface area contributed by atoms with Crippen LogP contribution in [0.4, 0.5) is 17.1 Å². The Morgan fingerprint density at radius 1 is 0.852 bits per heavy atom. The van der Waals surface area contributed by atoms with E-state index in [1.807, 2.05) is 6.92 Å². The molecule has 1 N–H and O–H groups in total. The lowest BCUT2D eigenvalue weighted by Gasteiger charge is -2.25. The van der Waals surface area contributed by atoms with Gasteiger partial charge in [-0.3, -0.25) is 4.79 Å². The molecule has 0 fully saturated rings. The lowest BCUT2D eigenvalue weighted by atomic mass is 10.1. The van der Waals surface area contributed by atoms with E-state index in [1.165, 1.54) is 19.6 Å². The van der Waals surface area contributed by atoms with Gasteiger partial charge in [-0.2, -0.15) is 0 Å². The van der Waals surface area contributed by atoms with Crippen molar-refractivity contribution in [3.05, 3.63) is 66.2 Å². The molecule has 0 unspecified atom stereocenters. The van der Waals surface area contributed by atoms with Crippen molar-refractivity contribution >= 4 is 46.5 Å². The van der Waals surface area contributed by atoms with E-state index in [0.717, 1.165) is 22.6 Å². The summed E-state index contributed by atoms with van der Waals surface area (Å²) in [5.41, 5.74) is 4.15. The molecule has 3 aromatic carbocycles. The number of fused-ring (bicyclic) bond motifs is 3. The van der Waals surface area contributed by atoms with E-state index in [9.17, 15) is 4.79 Å². The Morgan fingerprint density at radius 3 is 2.11 bits per heavy atom. The second kappa shape index (κ2) is 7.33. The number of carbonyl (C=O) groups is 1. The molecule has 0 atom stereocenters. The molecule has 3 aromatic rings. The summed E-state index contributed by atoms with van der Waals surface area (Å²) in [6.07, 6.45) is 0. The van der Waals surface area contributed by atoms with Gasteiger partial charge in [0.2, 0.25) is 5.91 Å².